The van der Waals surface area contributed by atoms with Gasteiger partial charge in [-0.15, -0.1) is 12.4 Å². The molecular weight excluding hydrogens is 470 g/mol. The fourth-order valence-electron chi connectivity index (χ4n) is 5.07. The van der Waals surface area contributed by atoms with Gasteiger partial charge in [0.1, 0.15) is 5.75 Å². The van der Waals surface area contributed by atoms with Gasteiger partial charge < -0.3 is 14.4 Å². The third kappa shape index (κ3) is 4.66. The Morgan fingerprint density at radius 3 is 2.62 bits per heavy atom. The molecule has 1 atom stereocenters. The molecule has 0 bridgehead atoms. The first-order valence-electron chi connectivity index (χ1n) is 12.0. The maximum atomic E-state index is 13.4. The highest BCUT2D eigenvalue weighted by Gasteiger charge is 2.37. The largest absolute Gasteiger partial charge is 0.508 e. The number of pyridine rings is 1. The highest BCUT2D eigenvalue weighted by Crippen LogP contribution is 2.47. The lowest BCUT2D eigenvalue weighted by atomic mass is 10.0. The summed E-state index contributed by atoms with van der Waals surface area (Å²) in [5.74, 6) is -0.135. The molecule has 1 aliphatic carbocycles. The number of phenols is 1. The SMILES string of the molecule is CCOC(=O)c1c(C(S)c2ccccn2)n(C2CC2)c2ccc(O)c(CN3CCCCC3)c12.Cl. The number of phenolic OH excluding ortho intramolecular Hbond substituents is 1. The molecule has 182 valence electrons. The van der Waals surface area contributed by atoms with Crippen LogP contribution < -0.4 is 0 Å². The predicted molar refractivity (Wildman–Crippen MR) is 139 cm³/mol. The third-order valence-electron chi connectivity index (χ3n) is 6.74. The van der Waals surface area contributed by atoms with Gasteiger partial charge in [0, 0.05) is 29.7 Å². The number of esters is 1. The molecule has 2 fully saturated rings. The number of aromatic hydroxyl groups is 1. The topological polar surface area (TPSA) is 67.6 Å². The van der Waals surface area contributed by atoms with E-state index in [-0.39, 0.29) is 36.0 Å². The summed E-state index contributed by atoms with van der Waals surface area (Å²) in [6, 6.07) is 9.78. The number of carbonyl (C=O) groups is 1. The Morgan fingerprint density at radius 2 is 1.97 bits per heavy atom. The van der Waals surface area contributed by atoms with E-state index in [1.54, 1.807) is 12.3 Å². The Labute approximate surface area is 212 Å². The van der Waals surface area contributed by atoms with Crippen LogP contribution in [0.5, 0.6) is 5.75 Å². The average Bonchev–Trinajstić information content (AvgIpc) is 3.62. The summed E-state index contributed by atoms with van der Waals surface area (Å²) < 4.78 is 7.82. The molecule has 6 nitrogen and oxygen atoms in total. The van der Waals surface area contributed by atoms with E-state index in [1.165, 1.54) is 6.42 Å². The first-order valence-corrected chi connectivity index (χ1v) is 12.5. The number of carbonyl (C=O) groups excluding carboxylic acids is 1. The van der Waals surface area contributed by atoms with E-state index in [0.717, 1.165) is 66.6 Å². The highest BCUT2D eigenvalue weighted by molar-refractivity contribution is 7.80. The number of ether oxygens (including phenoxy) is 1. The number of rotatable bonds is 7. The van der Waals surface area contributed by atoms with Crippen molar-refractivity contribution in [2.45, 2.75) is 56.9 Å². The van der Waals surface area contributed by atoms with Crippen molar-refractivity contribution in [2.24, 2.45) is 0 Å². The number of piperidine rings is 1. The van der Waals surface area contributed by atoms with Crippen LogP contribution in [0.4, 0.5) is 0 Å². The molecule has 8 heteroatoms. The van der Waals surface area contributed by atoms with Gasteiger partial charge in [-0.05, 0) is 70.0 Å². The van der Waals surface area contributed by atoms with Gasteiger partial charge in [0.25, 0.3) is 0 Å². The van der Waals surface area contributed by atoms with E-state index in [4.69, 9.17) is 17.4 Å². The van der Waals surface area contributed by atoms with E-state index >= 15 is 0 Å². The lowest BCUT2D eigenvalue weighted by Gasteiger charge is -2.27. The maximum absolute atomic E-state index is 13.4. The molecule has 1 aliphatic heterocycles. The highest BCUT2D eigenvalue weighted by atomic mass is 35.5. The fraction of sp³-hybridized carbons (Fsp3) is 0.462. The van der Waals surface area contributed by atoms with Crippen LogP contribution in [-0.2, 0) is 11.3 Å². The van der Waals surface area contributed by atoms with Gasteiger partial charge in [-0.1, -0.05) is 12.5 Å². The molecule has 1 aromatic carbocycles. The standard InChI is InChI=1S/C26H31N3O3S.ClH/c1-2-32-26(31)23-22-18(16-28-14-6-3-7-15-28)21(30)12-11-20(22)29(17-9-10-17)24(23)25(33)19-8-4-5-13-27-19;/h4-5,8,11-13,17,25,30,33H,2-3,6-7,9-10,14-16H2,1H3;1H. The predicted octanol–water partition coefficient (Wildman–Crippen LogP) is 5.68. The van der Waals surface area contributed by atoms with Crippen LogP contribution in [0, 0.1) is 0 Å². The number of hydrogen-bond acceptors (Lipinski definition) is 6. The van der Waals surface area contributed by atoms with Crippen molar-refractivity contribution < 1.29 is 14.6 Å². The minimum absolute atomic E-state index is 0. The zero-order valence-corrected chi connectivity index (χ0v) is 21.2. The van der Waals surface area contributed by atoms with Gasteiger partial charge in [-0.25, -0.2) is 4.79 Å². The summed E-state index contributed by atoms with van der Waals surface area (Å²) in [5, 5.41) is 11.4. The van der Waals surface area contributed by atoms with Gasteiger partial charge in [0.05, 0.1) is 34.3 Å². The smallest absolute Gasteiger partial charge is 0.340 e. The van der Waals surface area contributed by atoms with Gasteiger partial charge in [-0.2, -0.15) is 12.6 Å². The molecule has 1 unspecified atom stereocenters. The quantitative estimate of drug-likeness (QED) is 0.322. The molecule has 1 saturated heterocycles. The Kier molecular flexibility index (Phi) is 7.75. The molecule has 3 aromatic rings. The van der Waals surface area contributed by atoms with Gasteiger partial charge >= 0.3 is 5.97 Å². The number of nitrogens with zero attached hydrogens (tertiary/aromatic N) is 3. The summed E-state index contributed by atoms with van der Waals surface area (Å²) in [7, 11) is 0. The number of aromatic nitrogens is 2. The molecule has 1 saturated carbocycles. The maximum Gasteiger partial charge on any atom is 0.340 e. The van der Waals surface area contributed by atoms with Gasteiger partial charge in [-0.3, -0.25) is 9.88 Å². The zero-order valence-electron chi connectivity index (χ0n) is 19.4. The van der Waals surface area contributed by atoms with Crippen LogP contribution in [-0.4, -0.2) is 45.2 Å². The van der Waals surface area contributed by atoms with E-state index in [9.17, 15) is 9.90 Å². The first-order chi connectivity index (χ1) is 16.1. The van der Waals surface area contributed by atoms with E-state index in [1.807, 2.05) is 31.2 Å². The Hall–Kier alpha value is -2.22. The fourth-order valence-corrected chi connectivity index (χ4v) is 5.47. The number of benzene rings is 1. The molecule has 0 amide bonds. The monoisotopic (exact) mass is 501 g/mol. The summed E-state index contributed by atoms with van der Waals surface area (Å²) in [4.78, 5) is 20.3. The van der Waals surface area contributed by atoms with Crippen molar-refractivity contribution >= 4 is 41.9 Å². The van der Waals surface area contributed by atoms with Crippen LogP contribution in [0.15, 0.2) is 36.5 Å². The van der Waals surface area contributed by atoms with E-state index in [0.29, 0.717) is 18.2 Å². The number of fused-ring (bicyclic) bond motifs is 1. The average molecular weight is 502 g/mol. The Balaban J connectivity index is 0.00000274. The molecule has 3 heterocycles. The summed E-state index contributed by atoms with van der Waals surface area (Å²) in [6.07, 6.45) is 7.44. The van der Waals surface area contributed by atoms with Gasteiger partial charge in [0.15, 0.2) is 0 Å². The molecule has 34 heavy (non-hydrogen) atoms. The van der Waals surface area contributed by atoms with Crippen molar-refractivity contribution in [3.63, 3.8) is 0 Å². The van der Waals surface area contributed by atoms with E-state index in [2.05, 4.69) is 14.5 Å². The lowest BCUT2D eigenvalue weighted by Crippen LogP contribution is -2.29. The van der Waals surface area contributed by atoms with Crippen LogP contribution in [0.25, 0.3) is 10.9 Å². The second-order valence-electron chi connectivity index (χ2n) is 9.03. The Morgan fingerprint density at radius 1 is 1.21 bits per heavy atom. The molecule has 1 N–H and O–H groups in total. The first kappa shape index (κ1) is 24.9. The van der Waals surface area contributed by atoms with Crippen molar-refractivity contribution in [3.05, 3.63) is 59.0 Å². The molecule has 2 aromatic heterocycles. The van der Waals surface area contributed by atoms with Crippen molar-refractivity contribution in [3.8, 4) is 5.75 Å². The number of likely N-dealkylation sites (tertiary alicyclic amines) is 1. The van der Waals surface area contributed by atoms with Crippen molar-refractivity contribution in [1.82, 2.24) is 14.5 Å². The van der Waals surface area contributed by atoms with Crippen LogP contribution in [0.1, 0.15) is 77.6 Å². The molecule has 0 radical (unpaired) electrons. The normalized spacial score (nSPS) is 17.4. The zero-order chi connectivity index (χ0) is 22.9. The minimum atomic E-state index is -0.386. The van der Waals surface area contributed by atoms with Crippen LogP contribution >= 0.6 is 25.0 Å². The second kappa shape index (κ2) is 10.6. The second-order valence-corrected chi connectivity index (χ2v) is 9.55. The summed E-state index contributed by atoms with van der Waals surface area (Å²) >= 11 is 4.97. The van der Waals surface area contributed by atoms with Gasteiger partial charge in [0.2, 0.25) is 0 Å². The molecule has 0 spiro atoms. The lowest BCUT2D eigenvalue weighted by molar-refractivity contribution is 0.0527. The number of halogens is 1. The minimum Gasteiger partial charge on any atom is -0.508 e. The molecule has 2 aliphatic rings. The van der Waals surface area contributed by atoms with Crippen LogP contribution in [0.2, 0.25) is 0 Å². The van der Waals surface area contributed by atoms with Crippen molar-refractivity contribution in [1.29, 1.82) is 0 Å². The summed E-state index contributed by atoms with van der Waals surface area (Å²) in [6.45, 7) is 4.73. The Bertz CT molecular complexity index is 1160. The number of hydrogen-bond donors (Lipinski definition) is 2. The van der Waals surface area contributed by atoms with Crippen LogP contribution in [0.3, 0.4) is 0 Å². The molecule has 5 rings (SSSR count). The van der Waals surface area contributed by atoms with Crippen molar-refractivity contribution in [2.75, 3.05) is 19.7 Å². The molecular formula is C26H32ClN3O3S. The number of thiol groups is 1. The summed E-state index contributed by atoms with van der Waals surface area (Å²) in [5.41, 5.74) is 3.90. The van der Waals surface area contributed by atoms with E-state index < -0.39 is 0 Å². The third-order valence-corrected chi connectivity index (χ3v) is 7.25.